The normalized spacial score (nSPS) is 13.4. The van der Waals surface area contributed by atoms with Gasteiger partial charge in [-0.15, -0.1) is 11.3 Å². The minimum atomic E-state index is 0.0445. The molecule has 1 aliphatic rings. The zero-order valence-corrected chi connectivity index (χ0v) is 10.8. The van der Waals surface area contributed by atoms with E-state index < -0.39 is 0 Å². The lowest BCUT2D eigenvalue weighted by atomic mass is 10.0. The van der Waals surface area contributed by atoms with E-state index in [0.717, 1.165) is 22.7 Å². The molecule has 0 radical (unpaired) electrons. The predicted octanol–water partition coefficient (Wildman–Crippen LogP) is 3.09. The van der Waals surface area contributed by atoms with Crippen LogP contribution < -0.4 is 10.1 Å². The summed E-state index contributed by atoms with van der Waals surface area (Å²) < 4.78 is 5.63. The molecule has 1 aliphatic heterocycles. The van der Waals surface area contributed by atoms with Crippen LogP contribution in [0.5, 0.6) is 5.75 Å². The summed E-state index contributed by atoms with van der Waals surface area (Å²) in [7, 11) is 0. The summed E-state index contributed by atoms with van der Waals surface area (Å²) in [5, 5.41) is 5.19. The highest BCUT2D eigenvalue weighted by Gasteiger charge is 2.21. The number of carbonyl (C=O) groups is 1. The number of aryl methyl sites for hydroxylation is 1. The number of nitrogens with one attached hydrogen (secondary N) is 1. The molecule has 0 fully saturated rings. The van der Waals surface area contributed by atoms with Gasteiger partial charge in [-0.1, -0.05) is 6.07 Å². The largest absolute Gasteiger partial charge is 0.489 e. The van der Waals surface area contributed by atoms with Gasteiger partial charge in [0.15, 0.2) is 5.75 Å². The van der Waals surface area contributed by atoms with Crippen LogP contribution in [-0.2, 0) is 0 Å². The average Bonchev–Trinajstić information content (AvgIpc) is 2.83. The van der Waals surface area contributed by atoms with Crippen molar-refractivity contribution in [2.24, 2.45) is 0 Å². The lowest BCUT2D eigenvalue weighted by molar-refractivity contribution is 0.103. The summed E-state index contributed by atoms with van der Waals surface area (Å²) in [6.07, 6.45) is 0. The monoisotopic (exact) mass is 259 g/mol. The SMILES string of the molecule is Cc1ccsc1C(=O)c1cccc2c1OCCN2. The van der Waals surface area contributed by atoms with Crippen molar-refractivity contribution >= 4 is 22.8 Å². The van der Waals surface area contributed by atoms with Crippen LogP contribution in [-0.4, -0.2) is 18.9 Å². The van der Waals surface area contributed by atoms with Crippen LogP contribution in [0.15, 0.2) is 29.6 Å². The maximum atomic E-state index is 12.5. The molecule has 0 aliphatic carbocycles. The Morgan fingerprint density at radius 3 is 3.06 bits per heavy atom. The van der Waals surface area contributed by atoms with Crippen molar-refractivity contribution in [2.45, 2.75) is 6.92 Å². The molecule has 0 saturated carbocycles. The Balaban J connectivity index is 2.07. The smallest absolute Gasteiger partial charge is 0.207 e. The molecular weight excluding hydrogens is 246 g/mol. The Morgan fingerprint density at radius 1 is 1.39 bits per heavy atom. The van der Waals surface area contributed by atoms with Gasteiger partial charge in [0.25, 0.3) is 0 Å². The van der Waals surface area contributed by atoms with Gasteiger partial charge in [-0.3, -0.25) is 4.79 Å². The Morgan fingerprint density at radius 2 is 2.28 bits per heavy atom. The van der Waals surface area contributed by atoms with E-state index >= 15 is 0 Å². The zero-order chi connectivity index (χ0) is 12.5. The van der Waals surface area contributed by atoms with Crippen molar-refractivity contribution in [1.29, 1.82) is 0 Å². The number of benzene rings is 1. The lowest BCUT2D eigenvalue weighted by Crippen LogP contribution is -2.20. The van der Waals surface area contributed by atoms with Crippen LogP contribution in [0.1, 0.15) is 20.8 Å². The molecule has 0 unspecified atom stereocenters. The van der Waals surface area contributed by atoms with Crippen LogP contribution in [0.25, 0.3) is 0 Å². The van der Waals surface area contributed by atoms with Gasteiger partial charge in [0, 0.05) is 6.54 Å². The molecule has 1 aromatic heterocycles. The lowest BCUT2D eigenvalue weighted by Gasteiger charge is -2.21. The van der Waals surface area contributed by atoms with Crippen molar-refractivity contribution < 1.29 is 9.53 Å². The number of carbonyl (C=O) groups excluding carboxylic acids is 1. The van der Waals surface area contributed by atoms with Crippen LogP contribution in [0.2, 0.25) is 0 Å². The first kappa shape index (κ1) is 11.3. The maximum Gasteiger partial charge on any atom is 0.207 e. The average molecular weight is 259 g/mol. The summed E-state index contributed by atoms with van der Waals surface area (Å²) >= 11 is 1.48. The topological polar surface area (TPSA) is 38.3 Å². The van der Waals surface area contributed by atoms with Gasteiger partial charge in [0.05, 0.1) is 16.1 Å². The molecular formula is C14H13NO2S. The summed E-state index contributed by atoms with van der Waals surface area (Å²) in [6.45, 7) is 3.33. The molecule has 18 heavy (non-hydrogen) atoms. The van der Waals surface area contributed by atoms with Crippen molar-refractivity contribution in [2.75, 3.05) is 18.5 Å². The third-order valence-corrected chi connectivity index (χ3v) is 4.01. The van der Waals surface area contributed by atoms with Gasteiger partial charge < -0.3 is 10.1 Å². The minimum Gasteiger partial charge on any atom is -0.489 e. The van der Waals surface area contributed by atoms with E-state index in [-0.39, 0.29) is 5.78 Å². The molecule has 0 spiro atoms. The molecule has 1 N–H and O–H groups in total. The zero-order valence-electron chi connectivity index (χ0n) is 10.0. The van der Waals surface area contributed by atoms with E-state index in [1.165, 1.54) is 11.3 Å². The second-order valence-corrected chi connectivity index (χ2v) is 5.14. The predicted molar refractivity (Wildman–Crippen MR) is 72.9 cm³/mol. The highest BCUT2D eigenvalue weighted by atomic mass is 32.1. The summed E-state index contributed by atoms with van der Waals surface area (Å²) in [5.41, 5.74) is 2.57. The molecule has 2 heterocycles. The molecule has 92 valence electrons. The number of fused-ring (bicyclic) bond motifs is 1. The van der Waals surface area contributed by atoms with E-state index in [9.17, 15) is 4.79 Å². The van der Waals surface area contributed by atoms with Gasteiger partial charge in [-0.2, -0.15) is 0 Å². The van der Waals surface area contributed by atoms with E-state index in [4.69, 9.17) is 4.74 Å². The van der Waals surface area contributed by atoms with E-state index in [2.05, 4.69) is 5.32 Å². The third-order valence-electron chi connectivity index (χ3n) is 2.99. The number of ether oxygens (including phenoxy) is 1. The van der Waals surface area contributed by atoms with Gasteiger partial charge in [0.2, 0.25) is 5.78 Å². The molecule has 0 bridgehead atoms. The van der Waals surface area contributed by atoms with Crippen LogP contribution >= 0.6 is 11.3 Å². The summed E-state index contributed by atoms with van der Waals surface area (Å²) in [5.74, 6) is 0.726. The summed E-state index contributed by atoms with van der Waals surface area (Å²) in [4.78, 5) is 13.3. The van der Waals surface area contributed by atoms with Crippen molar-refractivity contribution in [3.63, 3.8) is 0 Å². The standard InChI is InChI=1S/C14H13NO2S/c1-9-5-8-18-14(9)12(16)10-3-2-4-11-13(10)17-7-6-15-11/h2-5,8,15H,6-7H2,1H3. The molecule has 0 amide bonds. The fraction of sp³-hybridized carbons (Fsp3) is 0.214. The number of ketones is 1. The number of para-hydroxylation sites is 1. The first-order valence-electron chi connectivity index (χ1n) is 5.86. The molecule has 4 heteroatoms. The number of hydrogen-bond donors (Lipinski definition) is 1. The van der Waals surface area contributed by atoms with Crippen LogP contribution in [0.4, 0.5) is 5.69 Å². The second-order valence-electron chi connectivity index (χ2n) is 4.22. The van der Waals surface area contributed by atoms with Crippen molar-refractivity contribution in [3.8, 4) is 5.75 Å². The molecule has 2 aromatic rings. The fourth-order valence-electron chi connectivity index (χ4n) is 2.08. The minimum absolute atomic E-state index is 0.0445. The fourth-order valence-corrected chi connectivity index (χ4v) is 2.96. The van der Waals surface area contributed by atoms with Crippen LogP contribution in [0.3, 0.4) is 0 Å². The summed E-state index contributed by atoms with van der Waals surface area (Å²) in [6, 6.07) is 7.61. The molecule has 0 saturated heterocycles. The first-order valence-corrected chi connectivity index (χ1v) is 6.74. The van der Waals surface area contributed by atoms with Crippen molar-refractivity contribution in [3.05, 3.63) is 45.6 Å². The highest BCUT2D eigenvalue weighted by Crippen LogP contribution is 2.33. The van der Waals surface area contributed by atoms with Gasteiger partial charge in [-0.05, 0) is 36.1 Å². The number of hydrogen-bond acceptors (Lipinski definition) is 4. The quantitative estimate of drug-likeness (QED) is 0.842. The van der Waals surface area contributed by atoms with Crippen molar-refractivity contribution in [1.82, 2.24) is 0 Å². The van der Waals surface area contributed by atoms with Gasteiger partial charge >= 0.3 is 0 Å². The second kappa shape index (κ2) is 4.46. The van der Waals surface area contributed by atoms with E-state index in [1.807, 2.05) is 36.6 Å². The Kier molecular flexibility index (Phi) is 2.80. The first-order chi connectivity index (χ1) is 8.77. The maximum absolute atomic E-state index is 12.5. The van der Waals surface area contributed by atoms with Gasteiger partial charge in [0.1, 0.15) is 6.61 Å². The third kappa shape index (κ3) is 1.78. The number of rotatable bonds is 2. The van der Waals surface area contributed by atoms with Crippen LogP contribution in [0, 0.1) is 6.92 Å². The molecule has 3 nitrogen and oxygen atoms in total. The Labute approximate surface area is 109 Å². The molecule has 3 rings (SSSR count). The Bertz CT molecular complexity index is 604. The van der Waals surface area contributed by atoms with E-state index in [0.29, 0.717) is 17.9 Å². The van der Waals surface area contributed by atoms with E-state index in [1.54, 1.807) is 0 Å². The number of thiophene rings is 1. The molecule has 0 atom stereocenters. The number of anilines is 1. The van der Waals surface area contributed by atoms with Gasteiger partial charge in [-0.25, -0.2) is 0 Å². The molecule has 1 aromatic carbocycles. The highest BCUT2D eigenvalue weighted by molar-refractivity contribution is 7.12. The Hall–Kier alpha value is -1.81.